The second-order valence-electron chi connectivity index (χ2n) is 8.02. The Balaban J connectivity index is 1.54. The number of halogens is 1. The molecule has 0 fully saturated rings. The molecule has 1 heterocycles. The van der Waals surface area contributed by atoms with E-state index in [4.69, 9.17) is 21.3 Å². The van der Waals surface area contributed by atoms with E-state index in [1.54, 1.807) is 48.6 Å². The summed E-state index contributed by atoms with van der Waals surface area (Å²) < 4.78 is 6.19. The number of benzene rings is 3. The van der Waals surface area contributed by atoms with Crippen LogP contribution < -0.4 is 10.1 Å². The van der Waals surface area contributed by atoms with E-state index in [2.05, 4.69) is 5.32 Å². The van der Waals surface area contributed by atoms with Gasteiger partial charge < -0.3 is 10.1 Å². The molecular weight excluding hydrogens is 436 g/mol. The number of ether oxygens (including phenoxy) is 1. The first kappa shape index (κ1) is 19.7. The van der Waals surface area contributed by atoms with Crippen molar-refractivity contribution in [2.45, 2.75) is 12.6 Å². The standard InChI is InChI=1S/C27H17ClN2O3/c28-16-10-11-19-21(12-16)33-22-13-20(29-14-15-6-2-1-3-7-15)23-24(25(22)30-19)27(32)18-9-5-4-8-17(18)26(23)31/h1-13,21,29H,14H2. The van der Waals surface area contributed by atoms with Crippen LogP contribution >= 0.6 is 11.6 Å². The van der Waals surface area contributed by atoms with Crippen molar-refractivity contribution in [2.75, 3.05) is 5.32 Å². The average molecular weight is 453 g/mol. The molecule has 0 spiro atoms. The molecule has 0 radical (unpaired) electrons. The van der Waals surface area contributed by atoms with Gasteiger partial charge in [-0.25, -0.2) is 4.99 Å². The van der Waals surface area contributed by atoms with Gasteiger partial charge in [0.1, 0.15) is 11.4 Å². The van der Waals surface area contributed by atoms with Crippen LogP contribution in [0, 0.1) is 0 Å². The lowest BCUT2D eigenvalue weighted by Crippen LogP contribution is -2.30. The number of ketones is 2. The molecule has 0 amide bonds. The minimum absolute atomic E-state index is 0.206. The Bertz CT molecular complexity index is 1440. The smallest absolute Gasteiger partial charge is 0.196 e. The summed E-state index contributed by atoms with van der Waals surface area (Å²) in [5, 5.41) is 3.90. The zero-order valence-electron chi connectivity index (χ0n) is 17.3. The van der Waals surface area contributed by atoms with Gasteiger partial charge in [0.2, 0.25) is 0 Å². The van der Waals surface area contributed by atoms with Crippen molar-refractivity contribution >= 4 is 40.3 Å². The van der Waals surface area contributed by atoms with Crippen molar-refractivity contribution in [3.05, 3.63) is 112 Å². The molecule has 0 bridgehead atoms. The Morgan fingerprint density at radius 1 is 0.909 bits per heavy atom. The largest absolute Gasteiger partial charge is 0.478 e. The fraction of sp³-hybridized carbons (Fsp3) is 0.0741. The topological polar surface area (TPSA) is 67.8 Å². The molecule has 160 valence electrons. The van der Waals surface area contributed by atoms with E-state index < -0.39 is 6.10 Å². The second-order valence-corrected chi connectivity index (χ2v) is 8.46. The highest BCUT2D eigenvalue weighted by Crippen LogP contribution is 2.46. The third kappa shape index (κ3) is 3.20. The van der Waals surface area contributed by atoms with Gasteiger partial charge in [-0.15, -0.1) is 0 Å². The molecule has 0 saturated carbocycles. The minimum Gasteiger partial charge on any atom is -0.478 e. The summed E-state index contributed by atoms with van der Waals surface area (Å²) in [5.41, 5.74) is 3.98. The van der Waals surface area contributed by atoms with Gasteiger partial charge in [-0.1, -0.05) is 66.2 Å². The lowest BCUT2D eigenvalue weighted by atomic mass is 9.81. The first-order valence-corrected chi connectivity index (χ1v) is 11.0. The van der Waals surface area contributed by atoms with Crippen LogP contribution in [-0.2, 0) is 6.54 Å². The number of nitrogens with one attached hydrogen (secondary N) is 1. The predicted molar refractivity (Wildman–Crippen MR) is 128 cm³/mol. The number of hydrogen-bond acceptors (Lipinski definition) is 5. The van der Waals surface area contributed by atoms with E-state index in [9.17, 15) is 9.59 Å². The van der Waals surface area contributed by atoms with E-state index >= 15 is 0 Å². The second kappa shape index (κ2) is 7.57. The molecule has 6 heteroatoms. The van der Waals surface area contributed by atoms with Crippen molar-refractivity contribution in [2.24, 2.45) is 4.99 Å². The maximum Gasteiger partial charge on any atom is 0.196 e. The molecular formula is C27H17ClN2O3. The summed E-state index contributed by atoms with van der Waals surface area (Å²) in [6, 6.07) is 18.5. The van der Waals surface area contributed by atoms with Gasteiger partial charge >= 0.3 is 0 Å². The van der Waals surface area contributed by atoms with E-state index in [1.165, 1.54) is 0 Å². The monoisotopic (exact) mass is 452 g/mol. The number of anilines is 1. The molecule has 1 atom stereocenters. The Labute approximate surface area is 195 Å². The fourth-order valence-corrected chi connectivity index (χ4v) is 4.57. The zero-order valence-corrected chi connectivity index (χ0v) is 18.1. The molecule has 1 unspecified atom stereocenters. The normalized spacial score (nSPS) is 17.7. The molecule has 5 nitrogen and oxygen atoms in total. The maximum absolute atomic E-state index is 13.6. The number of hydrogen-bond donors (Lipinski definition) is 1. The van der Waals surface area contributed by atoms with E-state index in [1.807, 2.05) is 30.3 Å². The van der Waals surface area contributed by atoms with Crippen molar-refractivity contribution in [1.29, 1.82) is 0 Å². The molecule has 0 aromatic heterocycles. The maximum atomic E-state index is 13.6. The SMILES string of the molecule is O=C1c2ccccc2C(=O)c2c3c(cc(NCc4ccccc4)c21)OC1C=C(Cl)C=CC1=N3. The van der Waals surface area contributed by atoms with Crippen LogP contribution in [0.2, 0.25) is 0 Å². The number of carbonyl (C=O) groups excluding carboxylic acids is 2. The van der Waals surface area contributed by atoms with E-state index in [-0.39, 0.29) is 17.1 Å². The van der Waals surface area contributed by atoms with Crippen LogP contribution in [-0.4, -0.2) is 23.4 Å². The highest BCUT2D eigenvalue weighted by molar-refractivity contribution is 6.33. The molecule has 3 aromatic carbocycles. The number of carbonyl (C=O) groups is 2. The molecule has 33 heavy (non-hydrogen) atoms. The summed E-state index contributed by atoms with van der Waals surface area (Å²) in [6.07, 6.45) is 4.82. The predicted octanol–water partition coefficient (Wildman–Crippen LogP) is 5.60. The Morgan fingerprint density at radius 2 is 1.61 bits per heavy atom. The van der Waals surface area contributed by atoms with E-state index in [0.717, 1.165) is 5.56 Å². The molecule has 1 aliphatic heterocycles. The van der Waals surface area contributed by atoms with Crippen LogP contribution in [0.25, 0.3) is 0 Å². The third-order valence-corrected chi connectivity index (χ3v) is 6.22. The van der Waals surface area contributed by atoms with Gasteiger partial charge in [-0.3, -0.25) is 9.59 Å². The number of rotatable bonds is 3. The average Bonchev–Trinajstić information content (AvgIpc) is 2.84. The Kier molecular flexibility index (Phi) is 4.52. The number of fused-ring (bicyclic) bond motifs is 5. The first-order valence-electron chi connectivity index (χ1n) is 10.6. The van der Waals surface area contributed by atoms with Gasteiger partial charge in [0.15, 0.2) is 17.7 Å². The summed E-state index contributed by atoms with van der Waals surface area (Å²) in [7, 11) is 0. The van der Waals surface area contributed by atoms with Gasteiger partial charge in [0.25, 0.3) is 0 Å². The summed E-state index contributed by atoms with van der Waals surface area (Å²) in [5.74, 6) is -0.00260. The summed E-state index contributed by atoms with van der Waals surface area (Å²) in [4.78, 5) is 31.9. The molecule has 6 rings (SSSR count). The highest BCUT2D eigenvalue weighted by atomic mass is 35.5. The molecule has 2 aliphatic carbocycles. The summed E-state index contributed by atoms with van der Waals surface area (Å²) >= 11 is 6.15. The van der Waals surface area contributed by atoms with Crippen LogP contribution in [0.15, 0.2) is 88.9 Å². The van der Waals surface area contributed by atoms with Gasteiger partial charge in [0.05, 0.1) is 22.5 Å². The van der Waals surface area contributed by atoms with Crippen molar-refractivity contribution in [1.82, 2.24) is 0 Å². The van der Waals surface area contributed by atoms with Gasteiger partial charge in [-0.2, -0.15) is 0 Å². The Hall–Kier alpha value is -3.96. The summed E-state index contributed by atoms with van der Waals surface area (Å²) in [6.45, 7) is 0.488. The fourth-order valence-electron chi connectivity index (χ4n) is 4.39. The minimum atomic E-state index is -0.447. The van der Waals surface area contributed by atoms with Crippen LogP contribution in [0.3, 0.4) is 0 Å². The van der Waals surface area contributed by atoms with Gasteiger partial charge in [-0.05, 0) is 23.8 Å². The van der Waals surface area contributed by atoms with Crippen LogP contribution in [0.5, 0.6) is 5.75 Å². The van der Waals surface area contributed by atoms with E-state index in [0.29, 0.717) is 51.1 Å². The number of allylic oxidation sites excluding steroid dienone is 2. The molecule has 1 N–H and O–H groups in total. The Morgan fingerprint density at radius 3 is 2.36 bits per heavy atom. The van der Waals surface area contributed by atoms with Crippen LogP contribution in [0.1, 0.15) is 37.4 Å². The van der Waals surface area contributed by atoms with Crippen molar-refractivity contribution < 1.29 is 14.3 Å². The molecule has 3 aromatic rings. The molecule has 3 aliphatic rings. The zero-order chi connectivity index (χ0) is 22.5. The van der Waals surface area contributed by atoms with Crippen molar-refractivity contribution in [3.8, 4) is 5.75 Å². The van der Waals surface area contributed by atoms with Crippen LogP contribution in [0.4, 0.5) is 11.4 Å². The number of aliphatic imine (C=N–C) groups is 1. The first-order chi connectivity index (χ1) is 16.1. The third-order valence-electron chi connectivity index (χ3n) is 5.97. The van der Waals surface area contributed by atoms with Gasteiger partial charge in [0, 0.05) is 28.8 Å². The quantitative estimate of drug-likeness (QED) is 0.439. The lowest BCUT2D eigenvalue weighted by Gasteiger charge is -2.29. The van der Waals surface area contributed by atoms with Crippen molar-refractivity contribution in [3.63, 3.8) is 0 Å². The number of nitrogens with zero attached hydrogens (tertiary/aromatic N) is 1. The highest BCUT2D eigenvalue weighted by Gasteiger charge is 2.38. The lowest BCUT2D eigenvalue weighted by molar-refractivity contribution is 0.0979. The molecule has 0 saturated heterocycles.